The lowest BCUT2D eigenvalue weighted by molar-refractivity contribution is 0.527. The van der Waals surface area contributed by atoms with Gasteiger partial charge in [0.25, 0.3) is 0 Å². The minimum absolute atomic E-state index is 0.145. The first kappa shape index (κ1) is 17.6. The van der Waals surface area contributed by atoms with Crippen molar-refractivity contribution in [1.82, 2.24) is 5.32 Å². The van der Waals surface area contributed by atoms with Gasteiger partial charge in [-0.15, -0.1) is 11.3 Å². The molecule has 3 rings (SSSR count). The van der Waals surface area contributed by atoms with Crippen LogP contribution in [0.4, 0.5) is 0 Å². The molecule has 0 radical (unpaired) electrons. The fourth-order valence-electron chi connectivity index (χ4n) is 2.96. The molecule has 0 amide bonds. The molecular formula is C16H19NO4S3. The molecular weight excluding hydrogens is 366 g/mol. The number of nitrogens with one attached hydrogen (secondary N) is 1. The molecule has 0 aliphatic carbocycles. The Balaban J connectivity index is 1.82. The van der Waals surface area contributed by atoms with E-state index in [1.165, 1.54) is 6.07 Å². The van der Waals surface area contributed by atoms with E-state index in [0.717, 1.165) is 22.5 Å². The Morgan fingerprint density at radius 2 is 2.00 bits per heavy atom. The lowest BCUT2D eigenvalue weighted by Crippen LogP contribution is -2.42. The lowest BCUT2D eigenvalue weighted by Gasteiger charge is -2.19. The van der Waals surface area contributed by atoms with E-state index in [1.807, 2.05) is 31.2 Å². The van der Waals surface area contributed by atoms with Crippen molar-refractivity contribution in [2.75, 3.05) is 11.5 Å². The summed E-state index contributed by atoms with van der Waals surface area (Å²) in [5.41, 5.74) is 2.11. The molecule has 2 atom stereocenters. The molecule has 0 bridgehead atoms. The smallest absolute Gasteiger partial charge is 0.193 e. The van der Waals surface area contributed by atoms with Gasteiger partial charge in [0.15, 0.2) is 19.7 Å². The van der Waals surface area contributed by atoms with Crippen LogP contribution in [0, 0.1) is 6.92 Å². The van der Waals surface area contributed by atoms with E-state index in [2.05, 4.69) is 5.32 Å². The van der Waals surface area contributed by atoms with Crippen molar-refractivity contribution < 1.29 is 16.8 Å². The van der Waals surface area contributed by atoms with Crippen molar-refractivity contribution in [3.05, 3.63) is 52.9 Å². The molecule has 2 aromatic rings. The van der Waals surface area contributed by atoms with Crippen LogP contribution in [0.3, 0.4) is 0 Å². The Kier molecular flexibility index (Phi) is 4.83. The summed E-state index contributed by atoms with van der Waals surface area (Å²) < 4.78 is 49.8. The largest absolute Gasteiger partial charge is 0.308 e. The predicted octanol–water partition coefficient (Wildman–Crippen LogP) is 1.79. The SMILES string of the molecule is Cc1cccc(CN[C@@H]2CS(=O)(=O)C[C@H]2S(=O)(=O)c2cccs2)c1. The molecule has 1 N–H and O–H groups in total. The minimum atomic E-state index is -3.65. The van der Waals surface area contributed by atoms with E-state index in [9.17, 15) is 16.8 Å². The molecule has 2 heterocycles. The van der Waals surface area contributed by atoms with E-state index in [4.69, 9.17) is 0 Å². The first-order chi connectivity index (χ1) is 11.3. The number of aryl methyl sites for hydroxylation is 1. The molecule has 130 valence electrons. The van der Waals surface area contributed by atoms with Gasteiger partial charge in [0.2, 0.25) is 0 Å². The molecule has 0 unspecified atom stereocenters. The maximum Gasteiger partial charge on any atom is 0.193 e. The first-order valence-electron chi connectivity index (χ1n) is 7.55. The third kappa shape index (κ3) is 3.72. The van der Waals surface area contributed by atoms with Crippen molar-refractivity contribution in [3.8, 4) is 0 Å². The van der Waals surface area contributed by atoms with Crippen LogP contribution in [-0.2, 0) is 26.2 Å². The molecule has 1 fully saturated rings. The number of thiophene rings is 1. The van der Waals surface area contributed by atoms with Crippen molar-refractivity contribution in [2.45, 2.75) is 29.0 Å². The normalized spacial score (nSPS) is 23.4. The highest BCUT2D eigenvalue weighted by atomic mass is 32.2. The van der Waals surface area contributed by atoms with E-state index in [-0.39, 0.29) is 15.7 Å². The number of benzene rings is 1. The second-order valence-electron chi connectivity index (χ2n) is 6.07. The van der Waals surface area contributed by atoms with E-state index in [0.29, 0.717) is 6.54 Å². The highest BCUT2D eigenvalue weighted by Gasteiger charge is 2.45. The maximum absolute atomic E-state index is 12.8. The van der Waals surface area contributed by atoms with Gasteiger partial charge >= 0.3 is 0 Å². The number of sulfone groups is 2. The fraction of sp³-hybridized carbons (Fsp3) is 0.375. The summed E-state index contributed by atoms with van der Waals surface area (Å²) in [6.07, 6.45) is 0. The summed E-state index contributed by atoms with van der Waals surface area (Å²) in [5, 5.41) is 3.89. The Morgan fingerprint density at radius 1 is 1.21 bits per heavy atom. The van der Waals surface area contributed by atoms with Crippen LogP contribution >= 0.6 is 11.3 Å². The van der Waals surface area contributed by atoms with Crippen LogP contribution in [0.15, 0.2) is 46.0 Å². The van der Waals surface area contributed by atoms with E-state index >= 15 is 0 Å². The van der Waals surface area contributed by atoms with Gasteiger partial charge in [-0.1, -0.05) is 35.9 Å². The Morgan fingerprint density at radius 3 is 2.67 bits per heavy atom. The third-order valence-corrected chi connectivity index (χ3v) is 9.71. The zero-order valence-electron chi connectivity index (χ0n) is 13.2. The molecule has 1 saturated heterocycles. The van der Waals surface area contributed by atoms with Gasteiger partial charge in [-0.05, 0) is 23.9 Å². The van der Waals surface area contributed by atoms with Gasteiger partial charge < -0.3 is 5.32 Å². The quantitative estimate of drug-likeness (QED) is 0.849. The summed E-state index contributed by atoms with van der Waals surface area (Å²) in [7, 11) is -7.02. The highest BCUT2D eigenvalue weighted by molar-refractivity contribution is 7.97. The molecule has 1 aliphatic rings. The van der Waals surface area contributed by atoms with Gasteiger partial charge in [0, 0.05) is 12.6 Å². The van der Waals surface area contributed by atoms with Gasteiger partial charge in [-0.3, -0.25) is 0 Å². The summed E-state index contributed by atoms with van der Waals surface area (Å²) in [5.74, 6) is -0.465. The molecule has 1 aromatic carbocycles. The van der Waals surface area contributed by atoms with E-state index < -0.39 is 31.0 Å². The standard InChI is InChI=1S/C16H19NO4S3/c1-12-4-2-5-13(8-12)9-17-14-10-23(18,19)11-15(14)24(20,21)16-6-3-7-22-16/h2-8,14-15,17H,9-11H2,1H3/t14-,15-/m1/s1. The Hall–Kier alpha value is -1.22. The number of rotatable bonds is 5. The zero-order valence-corrected chi connectivity index (χ0v) is 15.6. The molecule has 1 aliphatic heterocycles. The Bertz CT molecular complexity index is 918. The summed E-state index contributed by atoms with van der Waals surface area (Å²) in [6, 6.07) is 10.4. The molecule has 24 heavy (non-hydrogen) atoms. The van der Waals surface area contributed by atoms with Crippen LogP contribution in [0.1, 0.15) is 11.1 Å². The monoisotopic (exact) mass is 385 g/mol. The number of hydrogen-bond donors (Lipinski definition) is 1. The summed E-state index contributed by atoms with van der Waals surface area (Å²) in [4.78, 5) is 0. The van der Waals surface area contributed by atoms with Crippen LogP contribution in [0.25, 0.3) is 0 Å². The maximum atomic E-state index is 12.8. The van der Waals surface area contributed by atoms with Gasteiger partial charge in [0.1, 0.15) is 4.21 Å². The van der Waals surface area contributed by atoms with Crippen molar-refractivity contribution in [2.24, 2.45) is 0 Å². The van der Waals surface area contributed by atoms with Crippen molar-refractivity contribution >= 4 is 31.0 Å². The number of hydrogen-bond acceptors (Lipinski definition) is 6. The zero-order chi connectivity index (χ0) is 17.4. The summed E-state index contributed by atoms with van der Waals surface area (Å²) in [6.45, 7) is 2.42. The van der Waals surface area contributed by atoms with Gasteiger partial charge in [0.05, 0.1) is 16.8 Å². The highest BCUT2D eigenvalue weighted by Crippen LogP contribution is 2.28. The molecule has 5 nitrogen and oxygen atoms in total. The summed E-state index contributed by atoms with van der Waals surface area (Å²) >= 11 is 1.12. The van der Waals surface area contributed by atoms with Crippen molar-refractivity contribution in [3.63, 3.8) is 0 Å². The molecule has 0 saturated carbocycles. The topological polar surface area (TPSA) is 80.3 Å². The van der Waals surface area contributed by atoms with Crippen LogP contribution in [-0.4, -0.2) is 39.6 Å². The minimum Gasteiger partial charge on any atom is -0.308 e. The van der Waals surface area contributed by atoms with Crippen LogP contribution in [0.2, 0.25) is 0 Å². The molecule has 1 aromatic heterocycles. The van der Waals surface area contributed by atoms with Crippen LogP contribution < -0.4 is 5.32 Å². The first-order valence-corrected chi connectivity index (χ1v) is 11.8. The van der Waals surface area contributed by atoms with Gasteiger partial charge in [-0.25, -0.2) is 16.8 Å². The average molecular weight is 386 g/mol. The van der Waals surface area contributed by atoms with Gasteiger partial charge in [-0.2, -0.15) is 0 Å². The fourth-order valence-corrected chi connectivity index (χ4v) is 8.90. The Labute approximate surface area is 146 Å². The lowest BCUT2D eigenvalue weighted by atomic mass is 10.1. The average Bonchev–Trinajstić information content (AvgIpc) is 3.13. The second kappa shape index (κ2) is 6.59. The van der Waals surface area contributed by atoms with Crippen LogP contribution in [0.5, 0.6) is 0 Å². The third-order valence-electron chi connectivity index (χ3n) is 4.13. The predicted molar refractivity (Wildman–Crippen MR) is 95.8 cm³/mol. The molecule has 8 heteroatoms. The van der Waals surface area contributed by atoms with E-state index in [1.54, 1.807) is 11.4 Å². The van der Waals surface area contributed by atoms with Crippen molar-refractivity contribution in [1.29, 1.82) is 0 Å². The second-order valence-corrected chi connectivity index (χ2v) is 11.6. The molecule has 0 spiro atoms.